The molecule has 0 bridgehead atoms. The molecule has 31 nitrogen and oxygen atoms in total. The van der Waals surface area contributed by atoms with Gasteiger partial charge in [0.05, 0.1) is 50.5 Å². The molecular weight excluding hydrogens is 1300 g/mol. The minimum Gasteiger partial charge on any atom is -0.493 e. The molecule has 0 aliphatic heterocycles. The minimum absolute atomic E-state index is 0.00567. The fourth-order valence-electron chi connectivity index (χ4n) is 7.73. The SMILES string of the molecule is Cc1cc(N=Nc2c(C)c(C#N)c3nc4c(S(=O)(=O)O)cc(CO)cc4n3c2O)c(OCCCS(=O)(=O)O)cc1N=Nc1cc(Cl)c(N=Nc2nc3c(S(=O)(=O)O)cc4ccc(S(=O)(=O)O)cc4c3s2)cc1SCCCS(=O)(=O)O.O=S(=O)=O. The number of benzene rings is 5. The first kappa shape index (κ1) is 64.4. The number of ether oxygens (including phenoxy) is 1. The number of hydrogen-bond donors (Lipinski definition) is 7. The van der Waals surface area contributed by atoms with E-state index in [0.717, 1.165) is 51.8 Å². The lowest BCUT2D eigenvalue weighted by Crippen LogP contribution is -2.08. The molecule has 0 atom stereocenters. The van der Waals surface area contributed by atoms with Crippen molar-refractivity contribution >= 4 is 167 Å². The van der Waals surface area contributed by atoms with E-state index in [9.17, 15) is 80.3 Å². The molecule has 8 rings (SSSR count). The number of aliphatic hydroxyl groups is 1. The molecule has 8 aromatic rings. The number of aromatic hydroxyl groups is 1. The van der Waals surface area contributed by atoms with Crippen LogP contribution in [0.4, 0.5) is 33.6 Å². The van der Waals surface area contributed by atoms with E-state index in [2.05, 4.69) is 40.7 Å². The van der Waals surface area contributed by atoms with Crippen molar-refractivity contribution in [1.29, 1.82) is 5.26 Å². The maximum atomic E-state index is 12.4. The van der Waals surface area contributed by atoms with Crippen molar-refractivity contribution in [1.82, 2.24) is 14.4 Å². The van der Waals surface area contributed by atoms with Crippen molar-refractivity contribution in [3.05, 3.63) is 87.9 Å². The van der Waals surface area contributed by atoms with Gasteiger partial charge in [-0.3, -0.25) is 27.2 Å². The molecule has 0 fully saturated rings. The Morgan fingerprint density at radius 1 is 0.726 bits per heavy atom. The first-order valence-electron chi connectivity index (χ1n) is 22.8. The van der Waals surface area contributed by atoms with Crippen LogP contribution < -0.4 is 4.74 Å². The van der Waals surface area contributed by atoms with Crippen LogP contribution in [0.1, 0.15) is 35.1 Å². The van der Waals surface area contributed by atoms with Gasteiger partial charge in [0, 0.05) is 21.9 Å². The summed E-state index contributed by atoms with van der Waals surface area (Å²) in [6.45, 7) is 1.93. The Balaban J connectivity index is 0.00000245. The number of nitriles is 1. The highest BCUT2D eigenvalue weighted by Crippen LogP contribution is 2.45. The van der Waals surface area contributed by atoms with Gasteiger partial charge < -0.3 is 14.9 Å². The summed E-state index contributed by atoms with van der Waals surface area (Å²) in [6, 6.07) is 14.0. The number of fused-ring (bicyclic) bond motifs is 6. The molecule has 0 unspecified atom stereocenters. The fourth-order valence-corrected chi connectivity index (χ4v) is 12.9. The van der Waals surface area contributed by atoms with Gasteiger partial charge in [0.1, 0.15) is 55.3 Å². The molecule has 0 aliphatic rings. The second kappa shape index (κ2) is 25.2. The largest absolute Gasteiger partial charge is 0.493 e. The summed E-state index contributed by atoms with van der Waals surface area (Å²) < 4.78 is 200. The van der Waals surface area contributed by atoms with Crippen LogP contribution in [-0.4, -0.2) is 126 Å². The smallest absolute Gasteiger partial charge is 0.425 e. The molecule has 0 saturated carbocycles. The van der Waals surface area contributed by atoms with Gasteiger partial charge in [-0.25, -0.2) is 9.97 Å². The van der Waals surface area contributed by atoms with E-state index in [0.29, 0.717) is 5.56 Å². The highest BCUT2D eigenvalue weighted by molar-refractivity contribution is 7.99. The van der Waals surface area contributed by atoms with E-state index in [4.69, 9.17) is 29.0 Å². The highest BCUT2D eigenvalue weighted by Gasteiger charge is 2.27. The van der Waals surface area contributed by atoms with Crippen LogP contribution in [0.2, 0.25) is 5.02 Å². The maximum absolute atomic E-state index is 12.4. The van der Waals surface area contributed by atoms with Crippen LogP contribution in [0.15, 0.2) is 111 Å². The van der Waals surface area contributed by atoms with Crippen molar-refractivity contribution in [2.75, 3.05) is 23.9 Å². The monoisotopic (exact) mass is 1330 g/mol. The summed E-state index contributed by atoms with van der Waals surface area (Å²) in [4.78, 5) is 6.84. The van der Waals surface area contributed by atoms with E-state index < -0.39 is 99.9 Å². The number of pyridine rings is 1. The number of thiazole rings is 1. The number of aliphatic hydroxyl groups excluding tert-OH is 1. The standard InChI is InChI=1S/C44H37ClN10O18S7.O3S/c1-21-11-31(51-53-38-22(2)27(19-46)42-47-39-33(55(42)43(38)57)12-23(20-56)13-36(39)79(67,68)69)34(73-7-3-9-76(58,59)60)17-29(21)49-52-32-16-28(45)30(18-35(32)74-8-4-10-77(61,62)63)50-54-44-48-40-37(80(70,71)72)14-24-5-6-25(78(64,65)66)15-26(24)41(40)75-44;1-4(2)3/h5-6,11-18,56-57H,3-4,7-10,20H2,1-2H3,(H,58,59,60)(H,61,62,63)(H,64,65,66)(H,67,68,69)(H,70,71,72);. The lowest BCUT2D eigenvalue weighted by molar-refractivity contribution is 0.281. The van der Waals surface area contributed by atoms with E-state index in [-0.39, 0.29) is 129 Å². The van der Waals surface area contributed by atoms with Crippen LogP contribution in [0, 0.1) is 25.2 Å². The molecule has 3 heterocycles. The molecule has 7 N–H and O–H groups in total. The second-order valence-corrected chi connectivity index (χ2v) is 27.5. The molecule has 0 radical (unpaired) electrons. The third-order valence-corrected chi connectivity index (χ3v) is 18.0. The summed E-state index contributed by atoms with van der Waals surface area (Å²) >= 11 is 8.48. The second-order valence-electron chi connectivity index (χ2n) is 17.2. The Morgan fingerprint density at radius 2 is 1.35 bits per heavy atom. The fraction of sp³-hybridized carbons (Fsp3) is 0.205. The first-order valence-corrected chi connectivity index (χ1v) is 33.5. The van der Waals surface area contributed by atoms with Gasteiger partial charge in [0.2, 0.25) is 11.0 Å². The summed E-state index contributed by atoms with van der Waals surface area (Å²) in [5.74, 6) is -2.04. The average Bonchev–Trinajstić information content (AvgIpc) is 1.95. The molecule has 84 heavy (non-hydrogen) atoms. The molecule has 0 amide bonds. The molecule has 0 saturated heterocycles. The van der Waals surface area contributed by atoms with Crippen molar-refractivity contribution in [2.45, 2.75) is 52.9 Å². The van der Waals surface area contributed by atoms with Gasteiger partial charge in [-0.15, -0.1) is 50.0 Å². The van der Waals surface area contributed by atoms with Gasteiger partial charge >= 0.3 is 10.6 Å². The highest BCUT2D eigenvalue weighted by atomic mass is 35.5. The number of imidazole rings is 1. The van der Waals surface area contributed by atoms with Crippen LogP contribution in [0.5, 0.6) is 11.6 Å². The Hall–Kier alpha value is -7.14. The zero-order valence-electron chi connectivity index (χ0n) is 42.2. The van der Waals surface area contributed by atoms with Gasteiger partial charge in [-0.05, 0) is 97.5 Å². The van der Waals surface area contributed by atoms with Gasteiger partial charge in [-0.1, -0.05) is 29.0 Å². The molecule has 40 heteroatoms. The van der Waals surface area contributed by atoms with E-state index in [1.165, 1.54) is 43.3 Å². The Kier molecular flexibility index (Phi) is 19.3. The molecule has 0 spiro atoms. The number of rotatable bonds is 20. The maximum Gasteiger partial charge on any atom is 0.425 e. The number of hydrogen-bond acceptors (Lipinski definition) is 27. The van der Waals surface area contributed by atoms with Crippen molar-refractivity contribution in [2.24, 2.45) is 30.7 Å². The lowest BCUT2D eigenvalue weighted by Gasteiger charge is -2.12. The molecule has 0 aliphatic carbocycles. The van der Waals surface area contributed by atoms with Crippen LogP contribution in [-0.2, 0) is 67.8 Å². The quantitative estimate of drug-likeness (QED) is 0.0162. The van der Waals surface area contributed by atoms with Crippen LogP contribution in [0.3, 0.4) is 0 Å². The number of halogens is 1. The van der Waals surface area contributed by atoms with Crippen LogP contribution >= 0.6 is 34.7 Å². The van der Waals surface area contributed by atoms with E-state index in [1.807, 2.05) is 6.07 Å². The molecular formula is C44H37ClN10O21S8. The lowest BCUT2D eigenvalue weighted by atomic mass is 10.1. The third-order valence-electron chi connectivity index (χ3n) is 11.4. The molecule has 444 valence electrons. The van der Waals surface area contributed by atoms with Gasteiger partial charge in [0.25, 0.3) is 50.6 Å². The van der Waals surface area contributed by atoms with E-state index in [1.54, 1.807) is 6.92 Å². The summed E-state index contributed by atoms with van der Waals surface area (Å²) in [7, 11) is -26.5. The zero-order chi connectivity index (χ0) is 62.0. The van der Waals surface area contributed by atoms with Crippen molar-refractivity contribution in [3.8, 4) is 17.7 Å². The predicted molar refractivity (Wildman–Crippen MR) is 299 cm³/mol. The normalized spacial score (nSPS) is 12.8. The number of azo groups is 3. The topological polar surface area (TPSA) is 501 Å². The van der Waals surface area contributed by atoms with Gasteiger partial charge in [-0.2, -0.15) is 52.5 Å². The van der Waals surface area contributed by atoms with Crippen molar-refractivity contribution in [3.63, 3.8) is 0 Å². The third kappa shape index (κ3) is 15.4. The van der Waals surface area contributed by atoms with Crippen LogP contribution in [0.25, 0.3) is 37.7 Å². The Labute approximate surface area is 488 Å². The zero-order valence-corrected chi connectivity index (χ0v) is 49.5. The minimum atomic E-state index is -4.95. The molecule has 5 aromatic carbocycles. The van der Waals surface area contributed by atoms with Crippen molar-refractivity contribution < 1.29 is 92.4 Å². The molecule has 3 aromatic heterocycles. The van der Waals surface area contributed by atoms with E-state index >= 15 is 0 Å². The Morgan fingerprint density at radius 3 is 1.96 bits per heavy atom. The number of aromatic nitrogens is 3. The van der Waals surface area contributed by atoms with Gasteiger partial charge in [0.15, 0.2) is 11.3 Å². The summed E-state index contributed by atoms with van der Waals surface area (Å²) in [6.07, 6.45) is -0.277. The number of aryl methyl sites for hydroxylation is 1. The summed E-state index contributed by atoms with van der Waals surface area (Å²) in [5.41, 5.74) is -1.13. The predicted octanol–water partition coefficient (Wildman–Crippen LogP) is 8.60. The first-order chi connectivity index (χ1) is 39.1. The number of nitrogens with zero attached hydrogens (tertiary/aromatic N) is 10. The number of thioether (sulfide) groups is 1. The Bertz CT molecular complexity index is 4900. The average molecular weight is 1330 g/mol. The summed E-state index contributed by atoms with van der Waals surface area (Å²) in [5, 5.41) is 57.4.